The molecule has 3 atom stereocenters. The van der Waals surface area contributed by atoms with Gasteiger partial charge < -0.3 is 10.6 Å². The van der Waals surface area contributed by atoms with E-state index < -0.39 is 0 Å². The molecule has 2 aliphatic heterocycles. The number of nitrogens with zero attached hydrogens (tertiary/aromatic N) is 1. The molecule has 3 unspecified atom stereocenters. The number of thioether (sulfide) groups is 1. The molecule has 1 amide bonds. The molecule has 1 fully saturated rings. The van der Waals surface area contributed by atoms with Crippen molar-refractivity contribution >= 4 is 28.6 Å². The van der Waals surface area contributed by atoms with Gasteiger partial charge in [0.2, 0.25) is 5.91 Å². The van der Waals surface area contributed by atoms with Crippen molar-refractivity contribution in [1.82, 2.24) is 10.6 Å². The molecule has 5 nitrogen and oxygen atoms in total. The van der Waals surface area contributed by atoms with Crippen LogP contribution in [0.25, 0.3) is 0 Å². The monoisotopic (exact) mass is 359 g/mol. The summed E-state index contributed by atoms with van der Waals surface area (Å²) in [6, 6.07) is 7.74. The molecule has 2 N–H and O–H groups in total. The Morgan fingerprint density at radius 1 is 1.40 bits per heavy atom. The van der Waals surface area contributed by atoms with E-state index in [1.54, 1.807) is 0 Å². The van der Waals surface area contributed by atoms with Gasteiger partial charge in [0.15, 0.2) is 11.0 Å². The molecule has 0 bridgehead atoms. The number of hydrogen-bond acceptors (Lipinski definition) is 5. The van der Waals surface area contributed by atoms with Crippen molar-refractivity contribution in [2.24, 2.45) is 10.9 Å². The third-order valence-electron chi connectivity index (χ3n) is 4.84. The number of ketones is 1. The molecular formula is C19H25N3O2S. The van der Waals surface area contributed by atoms with Crippen molar-refractivity contribution in [3.05, 3.63) is 35.4 Å². The summed E-state index contributed by atoms with van der Waals surface area (Å²) < 4.78 is 0. The molecule has 6 heteroatoms. The first kappa shape index (κ1) is 18.1. The molecule has 1 saturated heterocycles. The summed E-state index contributed by atoms with van der Waals surface area (Å²) >= 11 is 1.39. The zero-order chi connectivity index (χ0) is 17.8. The fourth-order valence-electron chi connectivity index (χ4n) is 3.08. The van der Waals surface area contributed by atoms with E-state index in [0.717, 1.165) is 24.9 Å². The fraction of sp³-hybridized carbons (Fsp3) is 0.526. The average molecular weight is 359 g/mol. The predicted octanol–water partition coefficient (Wildman–Crippen LogP) is 2.47. The molecule has 0 radical (unpaired) electrons. The van der Waals surface area contributed by atoms with Crippen LogP contribution in [0.5, 0.6) is 0 Å². The van der Waals surface area contributed by atoms with E-state index in [2.05, 4.69) is 35.5 Å². The van der Waals surface area contributed by atoms with Crippen LogP contribution >= 0.6 is 11.8 Å². The standard InChI is InChI=1S/C19H25N3O2S/c1-3-12(2)11-21-19-22-18(24)16(25-19)10-15(23)17-14-7-5-4-6-13(14)8-9-20-17/h4-7,12,16-17,20H,3,8-11H2,1-2H3,(H,21,22,24). The third kappa shape index (κ3) is 4.30. The largest absolute Gasteiger partial charge is 0.304 e. The Labute approximate surface area is 153 Å². The summed E-state index contributed by atoms with van der Waals surface area (Å²) in [5, 5.41) is 6.39. The Morgan fingerprint density at radius 3 is 3.00 bits per heavy atom. The highest BCUT2D eigenvalue weighted by atomic mass is 32.2. The molecule has 3 rings (SSSR count). The van der Waals surface area contributed by atoms with Crippen molar-refractivity contribution in [3.63, 3.8) is 0 Å². The van der Waals surface area contributed by atoms with Crippen LogP contribution in [0.1, 0.15) is 43.9 Å². The smallest absolute Gasteiger partial charge is 0.239 e. The normalized spacial score (nSPS) is 25.5. The zero-order valence-electron chi connectivity index (χ0n) is 14.7. The third-order valence-corrected chi connectivity index (χ3v) is 5.96. The van der Waals surface area contributed by atoms with E-state index in [4.69, 9.17) is 0 Å². The van der Waals surface area contributed by atoms with Crippen molar-refractivity contribution in [1.29, 1.82) is 0 Å². The van der Waals surface area contributed by atoms with Crippen molar-refractivity contribution in [2.75, 3.05) is 13.1 Å². The Balaban J connectivity index is 1.63. The summed E-state index contributed by atoms with van der Waals surface area (Å²) in [7, 11) is 0. The average Bonchev–Trinajstić information content (AvgIpc) is 2.98. The number of rotatable bonds is 6. The SMILES string of the molecule is CCC(C)CN=C1NC(=O)C(CC(=O)C2NCCc3ccccc32)S1. The number of nitrogens with one attached hydrogen (secondary N) is 2. The summed E-state index contributed by atoms with van der Waals surface area (Å²) in [5.41, 5.74) is 2.27. The second-order valence-electron chi connectivity index (χ2n) is 6.76. The topological polar surface area (TPSA) is 70.6 Å². The fourth-order valence-corrected chi connectivity index (χ4v) is 4.07. The van der Waals surface area contributed by atoms with Crippen LogP contribution < -0.4 is 10.6 Å². The number of amides is 1. The minimum absolute atomic E-state index is 0.0722. The van der Waals surface area contributed by atoms with E-state index >= 15 is 0 Å². The number of Topliss-reactive ketones (excluding diaryl/α,β-unsaturated/α-hetero) is 1. The predicted molar refractivity (Wildman–Crippen MR) is 102 cm³/mol. The molecule has 0 aromatic heterocycles. The second-order valence-corrected chi connectivity index (χ2v) is 7.95. The van der Waals surface area contributed by atoms with Crippen LogP contribution in [-0.4, -0.2) is 35.2 Å². The maximum atomic E-state index is 12.8. The van der Waals surface area contributed by atoms with Crippen molar-refractivity contribution in [3.8, 4) is 0 Å². The molecule has 134 valence electrons. The molecule has 2 aliphatic rings. The summed E-state index contributed by atoms with van der Waals surface area (Å²) in [6.45, 7) is 5.76. The van der Waals surface area contributed by atoms with Crippen molar-refractivity contribution < 1.29 is 9.59 Å². The summed E-state index contributed by atoms with van der Waals surface area (Å²) in [5.74, 6) is 0.460. The number of carbonyl (C=O) groups is 2. The highest BCUT2D eigenvalue weighted by Gasteiger charge is 2.35. The molecule has 0 spiro atoms. The van der Waals surface area contributed by atoms with Crippen LogP contribution in [-0.2, 0) is 16.0 Å². The maximum absolute atomic E-state index is 12.8. The lowest BCUT2D eigenvalue weighted by molar-refractivity contribution is -0.125. The van der Waals surface area contributed by atoms with Gasteiger partial charge >= 0.3 is 0 Å². The Hall–Kier alpha value is -1.66. The Kier molecular flexibility index (Phi) is 5.91. The van der Waals surface area contributed by atoms with Gasteiger partial charge in [-0.05, 0) is 23.5 Å². The minimum atomic E-state index is -0.376. The minimum Gasteiger partial charge on any atom is -0.304 e. The van der Waals surface area contributed by atoms with Crippen LogP contribution in [0.4, 0.5) is 0 Å². The lowest BCUT2D eigenvalue weighted by Gasteiger charge is -2.26. The van der Waals surface area contributed by atoms with E-state index in [-0.39, 0.29) is 29.4 Å². The zero-order valence-corrected chi connectivity index (χ0v) is 15.6. The molecule has 2 heterocycles. The van der Waals surface area contributed by atoms with Gasteiger partial charge in [-0.25, -0.2) is 0 Å². The van der Waals surface area contributed by atoms with Gasteiger partial charge in [-0.3, -0.25) is 14.6 Å². The molecule has 1 aromatic carbocycles. The number of amidine groups is 1. The summed E-state index contributed by atoms with van der Waals surface area (Å²) in [4.78, 5) is 29.4. The number of hydrogen-bond donors (Lipinski definition) is 2. The molecule has 25 heavy (non-hydrogen) atoms. The number of benzene rings is 1. The van der Waals surface area contributed by atoms with Crippen molar-refractivity contribution in [2.45, 2.75) is 44.4 Å². The first-order valence-electron chi connectivity index (χ1n) is 8.94. The molecule has 1 aromatic rings. The van der Waals surface area contributed by atoms with Gasteiger partial charge in [-0.2, -0.15) is 0 Å². The lowest BCUT2D eigenvalue weighted by Crippen LogP contribution is -2.37. The highest BCUT2D eigenvalue weighted by Crippen LogP contribution is 2.29. The van der Waals surface area contributed by atoms with Crippen LogP contribution in [0.3, 0.4) is 0 Å². The van der Waals surface area contributed by atoms with Crippen LogP contribution in [0.2, 0.25) is 0 Å². The van der Waals surface area contributed by atoms with Gasteiger partial charge in [-0.15, -0.1) is 0 Å². The Morgan fingerprint density at radius 2 is 2.20 bits per heavy atom. The van der Waals surface area contributed by atoms with Gasteiger partial charge in [0.1, 0.15) is 0 Å². The number of aliphatic imine (C=N–C) groups is 1. The van der Waals surface area contributed by atoms with E-state index in [1.807, 2.05) is 18.2 Å². The number of carbonyl (C=O) groups excluding carboxylic acids is 2. The first-order chi connectivity index (χ1) is 12.1. The first-order valence-corrected chi connectivity index (χ1v) is 9.82. The quantitative estimate of drug-likeness (QED) is 0.819. The van der Waals surface area contributed by atoms with Gasteiger partial charge in [0.25, 0.3) is 0 Å². The van der Waals surface area contributed by atoms with Gasteiger partial charge in [-0.1, -0.05) is 56.3 Å². The molecule has 0 aliphatic carbocycles. The second kappa shape index (κ2) is 8.15. The molecule has 0 saturated carbocycles. The summed E-state index contributed by atoms with van der Waals surface area (Å²) in [6.07, 6.45) is 2.22. The number of fused-ring (bicyclic) bond motifs is 1. The van der Waals surface area contributed by atoms with E-state index in [1.165, 1.54) is 17.3 Å². The highest BCUT2D eigenvalue weighted by molar-refractivity contribution is 8.15. The van der Waals surface area contributed by atoms with Crippen LogP contribution in [0.15, 0.2) is 29.3 Å². The van der Waals surface area contributed by atoms with Gasteiger partial charge in [0, 0.05) is 19.5 Å². The molecular weight excluding hydrogens is 334 g/mol. The van der Waals surface area contributed by atoms with Crippen LogP contribution in [0, 0.1) is 5.92 Å². The van der Waals surface area contributed by atoms with E-state index in [9.17, 15) is 9.59 Å². The maximum Gasteiger partial charge on any atom is 0.239 e. The lowest BCUT2D eigenvalue weighted by atomic mass is 9.90. The Bertz CT molecular complexity index is 689. The van der Waals surface area contributed by atoms with E-state index in [0.29, 0.717) is 17.6 Å². The van der Waals surface area contributed by atoms with Gasteiger partial charge in [0.05, 0.1) is 11.3 Å².